The van der Waals surface area contributed by atoms with Crippen LogP contribution in [-0.2, 0) is 4.79 Å². The van der Waals surface area contributed by atoms with E-state index in [1.165, 1.54) is 17.0 Å². The van der Waals surface area contributed by atoms with Crippen LogP contribution in [0.3, 0.4) is 0 Å². The molecule has 7 heteroatoms. The van der Waals surface area contributed by atoms with E-state index in [0.29, 0.717) is 11.3 Å². The third-order valence-electron chi connectivity index (χ3n) is 3.70. The molecule has 126 valence electrons. The smallest absolute Gasteiger partial charge is 0.269 e. The first-order valence-corrected chi connectivity index (χ1v) is 8.06. The number of rotatable bonds is 6. The molecule has 0 radical (unpaired) electrons. The predicted molar refractivity (Wildman–Crippen MR) is 93.9 cm³/mol. The number of hydrogen-bond acceptors (Lipinski definition) is 4. The molecule has 0 aliphatic rings. The second-order valence-corrected chi connectivity index (χ2v) is 6.19. The zero-order valence-electron chi connectivity index (χ0n) is 13.3. The Morgan fingerprint density at radius 1 is 1.29 bits per heavy atom. The average molecular weight is 393 g/mol. The molecule has 2 aromatic carbocycles. The van der Waals surface area contributed by atoms with Crippen molar-refractivity contribution in [3.05, 3.63) is 68.7 Å². The van der Waals surface area contributed by atoms with Crippen LogP contribution in [0.1, 0.15) is 18.5 Å². The van der Waals surface area contributed by atoms with Crippen LogP contribution in [0.25, 0.3) is 0 Å². The van der Waals surface area contributed by atoms with Gasteiger partial charge in [0, 0.05) is 23.7 Å². The Bertz CT molecular complexity index is 751. The fourth-order valence-corrected chi connectivity index (χ4v) is 2.52. The van der Waals surface area contributed by atoms with E-state index in [-0.39, 0.29) is 24.2 Å². The van der Waals surface area contributed by atoms with E-state index < -0.39 is 4.92 Å². The fraction of sp³-hybridized carbons (Fsp3) is 0.235. The van der Waals surface area contributed by atoms with Crippen molar-refractivity contribution < 1.29 is 14.5 Å². The summed E-state index contributed by atoms with van der Waals surface area (Å²) in [6.07, 6.45) is 0. The molecule has 0 saturated carbocycles. The summed E-state index contributed by atoms with van der Waals surface area (Å²) >= 11 is 3.34. The number of likely N-dealkylation sites (N-methyl/N-ethyl adjacent to an activating group) is 1. The van der Waals surface area contributed by atoms with E-state index in [0.717, 1.165) is 4.47 Å². The number of halogens is 1. The molecule has 0 aliphatic heterocycles. The van der Waals surface area contributed by atoms with E-state index in [1.54, 1.807) is 31.3 Å². The molecule has 0 unspecified atom stereocenters. The number of non-ortho nitro benzene ring substituents is 1. The molecule has 0 N–H and O–H groups in total. The van der Waals surface area contributed by atoms with E-state index in [2.05, 4.69) is 15.9 Å². The molecule has 1 amide bonds. The first kappa shape index (κ1) is 17.9. The lowest BCUT2D eigenvalue weighted by molar-refractivity contribution is -0.384. The first-order valence-electron chi connectivity index (χ1n) is 7.27. The standard InChI is InChI=1S/C17H17BrN2O4/c1-12(13-5-3-7-15(9-13)20(22)23)19(2)17(21)11-24-16-8-4-6-14(18)10-16/h3-10,12H,11H2,1-2H3/t12-/m1/s1. The molecule has 0 saturated heterocycles. The maximum atomic E-state index is 12.3. The van der Waals surface area contributed by atoms with Crippen molar-refractivity contribution in [1.29, 1.82) is 0 Å². The Labute approximate surface area is 148 Å². The summed E-state index contributed by atoms with van der Waals surface area (Å²) in [6, 6.07) is 13.2. The van der Waals surface area contributed by atoms with Gasteiger partial charge < -0.3 is 9.64 Å². The van der Waals surface area contributed by atoms with Gasteiger partial charge in [0.2, 0.25) is 0 Å². The van der Waals surface area contributed by atoms with E-state index in [4.69, 9.17) is 4.74 Å². The number of hydrogen-bond donors (Lipinski definition) is 0. The number of nitro groups is 1. The number of benzene rings is 2. The molecule has 2 aromatic rings. The molecule has 0 aliphatic carbocycles. The van der Waals surface area contributed by atoms with Crippen LogP contribution in [-0.4, -0.2) is 29.4 Å². The number of carbonyl (C=O) groups is 1. The molecule has 0 fully saturated rings. The Morgan fingerprint density at radius 3 is 2.67 bits per heavy atom. The van der Waals surface area contributed by atoms with Crippen LogP contribution in [0, 0.1) is 10.1 Å². The highest BCUT2D eigenvalue weighted by Gasteiger charge is 2.19. The summed E-state index contributed by atoms with van der Waals surface area (Å²) in [5.41, 5.74) is 0.702. The zero-order chi connectivity index (χ0) is 17.7. The topological polar surface area (TPSA) is 72.7 Å². The molecule has 1 atom stereocenters. The van der Waals surface area contributed by atoms with Crippen LogP contribution < -0.4 is 4.74 Å². The van der Waals surface area contributed by atoms with E-state index in [9.17, 15) is 14.9 Å². The van der Waals surface area contributed by atoms with Crippen LogP contribution >= 0.6 is 15.9 Å². The molecule has 0 spiro atoms. The lowest BCUT2D eigenvalue weighted by Crippen LogP contribution is -2.33. The number of nitro benzene ring substituents is 1. The van der Waals surface area contributed by atoms with Gasteiger partial charge in [-0.3, -0.25) is 14.9 Å². The normalized spacial score (nSPS) is 11.6. The lowest BCUT2D eigenvalue weighted by Gasteiger charge is -2.25. The third-order valence-corrected chi connectivity index (χ3v) is 4.19. The van der Waals surface area contributed by atoms with Crippen LogP contribution in [0.4, 0.5) is 5.69 Å². The van der Waals surface area contributed by atoms with Crippen molar-refractivity contribution in [3.8, 4) is 5.75 Å². The Hall–Kier alpha value is -2.41. The SMILES string of the molecule is C[C@H](c1cccc([N+](=O)[O-])c1)N(C)C(=O)COc1cccc(Br)c1. The van der Waals surface area contributed by atoms with Gasteiger partial charge >= 0.3 is 0 Å². The van der Waals surface area contributed by atoms with Gasteiger partial charge in [0.05, 0.1) is 11.0 Å². The van der Waals surface area contributed by atoms with Crippen molar-refractivity contribution in [2.75, 3.05) is 13.7 Å². The van der Waals surface area contributed by atoms with E-state index >= 15 is 0 Å². The second kappa shape index (κ2) is 7.92. The molecular weight excluding hydrogens is 376 g/mol. The predicted octanol–water partition coefficient (Wildman–Crippen LogP) is 3.96. The Morgan fingerprint density at radius 2 is 2.00 bits per heavy atom. The highest BCUT2D eigenvalue weighted by atomic mass is 79.9. The zero-order valence-corrected chi connectivity index (χ0v) is 14.9. The summed E-state index contributed by atoms with van der Waals surface area (Å²) in [4.78, 5) is 24.2. The van der Waals surface area contributed by atoms with Gasteiger partial charge in [0.1, 0.15) is 5.75 Å². The number of amides is 1. The van der Waals surface area contributed by atoms with Gasteiger partial charge in [-0.05, 0) is 30.7 Å². The van der Waals surface area contributed by atoms with Gasteiger partial charge in [-0.2, -0.15) is 0 Å². The molecular formula is C17H17BrN2O4. The molecule has 6 nitrogen and oxygen atoms in total. The van der Waals surface area contributed by atoms with Gasteiger partial charge in [-0.25, -0.2) is 0 Å². The quantitative estimate of drug-likeness (QED) is 0.550. The average Bonchev–Trinajstić information content (AvgIpc) is 2.58. The van der Waals surface area contributed by atoms with E-state index in [1.807, 2.05) is 19.1 Å². The molecule has 0 aromatic heterocycles. The van der Waals surface area contributed by atoms with Crippen molar-refractivity contribution in [2.45, 2.75) is 13.0 Å². The lowest BCUT2D eigenvalue weighted by atomic mass is 10.1. The number of carbonyl (C=O) groups excluding carboxylic acids is 1. The molecule has 2 rings (SSSR count). The highest BCUT2D eigenvalue weighted by molar-refractivity contribution is 9.10. The summed E-state index contributed by atoms with van der Waals surface area (Å²) in [5, 5.41) is 10.9. The van der Waals surface area contributed by atoms with Crippen molar-refractivity contribution in [3.63, 3.8) is 0 Å². The van der Waals surface area contributed by atoms with Crippen LogP contribution in [0.5, 0.6) is 5.75 Å². The minimum Gasteiger partial charge on any atom is -0.484 e. The minimum absolute atomic E-state index is 0.00517. The Kier molecular flexibility index (Phi) is 5.92. The maximum absolute atomic E-state index is 12.3. The number of ether oxygens (including phenoxy) is 1. The molecule has 0 bridgehead atoms. The monoisotopic (exact) mass is 392 g/mol. The van der Waals surface area contributed by atoms with Gasteiger partial charge in [-0.15, -0.1) is 0 Å². The maximum Gasteiger partial charge on any atom is 0.269 e. The second-order valence-electron chi connectivity index (χ2n) is 5.28. The summed E-state index contributed by atoms with van der Waals surface area (Å²) in [7, 11) is 1.65. The summed E-state index contributed by atoms with van der Waals surface area (Å²) < 4.78 is 6.35. The first-order chi connectivity index (χ1) is 11.4. The third kappa shape index (κ3) is 4.55. The largest absolute Gasteiger partial charge is 0.484 e. The van der Waals surface area contributed by atoms with Crippen molar-refractivity contribution in [1.82, 2.24) is 4.90 Å². The molecule has 24 heavy (non-hydrogen) atoms. The van der Waals surface area contributed by atoms with Gasteiger partial charge in [0.15, 0.2) is 6.61 Å². The van der Waals surface area contributed by atoms with Gasteiger partial charge in [-0.1, -0.05) is 34.1 Å². The van der Waals surface area contributed by atoms with Gasteiger partial charge in [0.25, 0.3) is 11.6 Å². The number of nitrogens with zero attached hydrogens (tertiary/aromatic N) is 2. The van der Waals surface area contributed by atoms with Crippen LogP contribution in [0.15, 0.2) is 53.0 Å². The van der Waals surface area contributed by atoms with Crippen molar-refractivity contribution in [2.24, 2.45) is 0 Å². The Balaban J connectivity index is 2.01. The van der Waals surface area contributed by atoms with Crippen LogP contribution in [0.2, 0.25) is 0 Å². The summed E-state index contributed by atoms with van der Waals surface area (Å²) in [6.45, 7) is 1.71. The highest BCUT2D eigenvalue weighted by Crippen LogP contribution is 2.23. The van der Waals surface area contributed by atoms with Crippen molar-refractivity contribution >= 4 is 27.5 Å². The summed E-state index contributed by atoms with van der Waals surface area (Å²) in [5.74, 6) is 0.378. The molecule has 0 heterocycles. The fourth-order valence-electron chi connectivity index (χ4n) is 2.14. The minimum atomic E-state index is -0.450.